The third-order valence-electron chi connectivity index (χ3n) is 20.2. The predicted molar refractivity (Wildman–Crippen MR) is 449 cm³/mol. The fourth-order valence-corrected chi connectivity index (χ4v) is 15.1. The molecule has 0 aromatic carbocycles. The number of hydrogen-bond donors (Lipinski definition) is 12. The van der Waals surface area contributed by atoms with Gasteiger partial charge in [0.05, 0.1) is 0 Å². The monoisotopic (exact) mass is 1580 g/mol. The summed E-state index contributed by atoms with van der Waals surface area (Å²) in [6.07, 6.45) is 48.7. The number of hydrogen-bond acceptors (Lipinski definition) is 17. The summed E-state index contributed by atoms with van der Waals surface area (Å²) in [5, 5.41) is 21.9. The zero-order valence-electron chi connectivity index (χ0n) is 68.6. The first kappa shape index (κ1) is 102. The lowest BCUT2D eigenvalue weighted by Crippen LogP contribution is -2.60. The van der Waals surface area contributed by atoms with Gasteiger partial charge in [-0.1, -0.05) is 252 Å². The molecule has 1 rings (SSSR count). The van der Waals surface area contributed by atoms with E-state index in [0.29, 0.717) is 96.9 Å². The standard InChI is InChI=1S/C84H158N12O11S2/c1-4-7-10-13-16-19-22-25-27-30-33-36-39-56-76(97)106-65-68(107-77(98)57-40-37-34-31-28-26-23-20-17-14-11-8-5-2)66-108-67-75(96-84(105)90-62-49-38-35-32-29-24-21-18-15-12-9-6-3)83(104)95-74(64-69-51-50-63-109-69)82(103)94-73(55-44-48-61-88)81(102)93-72(54-43-47-60-87)80(101)92-71(53-42-46-59-86)79(100)91-70(78(89)99)52-41-45-58-85/h50-51,63,68,70-75H,4-49,52-62,64-67,85-88H2,1-3H3,(H2,89,99)(H,91,100)(H,92,101)(H,93,102)(H,94,103)(H,95,104)(H2,90,96,105)/t68?,70-,71-,72-,73-,74-,75-/m0/s1. The SMILES string of the molecule is CCCCCCCCCCCCCCCC(=O)OCC(CSC[C@H](NC(=O)NCCCCCCCCCCCCCC)C(=O)N[C@@H](Cc1cccs1)C(=O)N[C@@H](CCCCN)C(=O)N[C@@H](CCCCN)C(=O)N[C@@H](CCCCN)C(=O)N[C@@H](CCCCN)C(N)=O)OC(=O)CCCCCCCCCCCCCCC. The molecule has 0 aliphatic carbocycles. The van der Waals surface area contributed by atoms with Gasteiger partial charge in [-0.2, -0.15) is 11.8 Å². The second kappa shape index (κ2) is 73.1. The van der Waals surface area contributed by atoms with Gasteiger partial charge in [-0.3, -0.25) is 38.4 Å². The van der Waals surface area contributed by atoms with E-state index in [4.69, 9.17) is 38.1 Å². The van der Waals surface area contributed by atoms with Crippen molar-refractivity contribution in [1.29, 1.82) is 0 Å². The Kier molecular flexibility index (Phi) is 68.4. The molecule has 1 aromatic heterocycles. The Bertz CT molecular complexity index is 2440. The maximum Gasteiger partial charge on any atom is 0.315 e. The van der Waals surface area contributed by atoms with Crippen LogP contribution in [0.25, 0.3) is 0 Å². The molecule has 1 aromatic rings. The minimum absolute atomic E-state index is 0.0146. The van der Waals surface area contributed by atoms with Crippen LogP contribution in [-0.2, 0) is 54.3 Å². The van der Waals surface area contributed by atoms with E-state index in [2.05, 4.69) is 58.0 Å². The van der Waals surface area contributed by atoms with Crippen LogP contribution in [0.3, 0.4) is 0 Å². The molecular formula is C84H158N12O11S2. The normalized spacial score (nSPS) is 13.3. The van der Waals surface area contributed by atoms with E-state index in [9.17, 15) is 43.2 Å². The highest BCUT2D eigenvalue weighted by molar-refractivity contribution is 7.99. The number of carbonyl (C=O) groups is 9. The van der Waals surface area contributed by atoms with E-state index in [-0.39, 0.29) is 69.0 Å². The number of rotatable bonds is 78. The number of unbranched alkanes of at least 4 members (excludes halogenated alkanes) is 39. The second-order valence-corrected chi connectivity index (χ2v) is 32.4. The van der Waals surface area contributed by atoms with Gasteiger partial charge in [-0.15, -0.1) is 11.3 Å². The summed E-state index contributed by atoms with van der Waals surface area (Å²) in [5.74, 6) is -4.79. The zero-order valence-corrected chi connectivity index (χ0v) is 70.2. The Hall–Kier alpha value is -5.08. The first-order valence-corrected chi connectivity index (χ1v) is 45.7. The average molecular weight is 1580 g/mol. The van der Waals surface area contributed by atoms with E-state index in [1.807, 2.05) is 17.5 Å². The van der Waals surface area contributed by atoms with Crippen molar-refractivity contribution in [2.24, 2.45) is 28.7 Å². The third kappa shape index (κ3) is 58.4. The van der Waals surface area contributed by atoms with Crippen molar-refractivity contribution in [3.8, 4) is 0 Å². The van der Waals surface area contributed by atoms with E-state index < -0.39 is 89.8 Å². The highest BCUT2D eigenvalue weighted by Crippen LogP contribution is 2.20. The van der Waals surface area contributed by atoms with Gasteiger partial charge in [-0.25, -0.2) is 4.79 Å². The molecule has 109 heavy (non-hydrogen) atoms. The van der Waals surface area contributed by atoms with Crippen LogP contribution in [0.2, 0.25) is 0 Å². The number of nitrogens with one attached hydrogen (secondary N) is 7. The summed E-state index contributed by atoms with van der Waals surface area (Å²) >= 11 is 2.62. The Morgan fingerprint density at radius 1 is 0.376 bits per heavy atom. The van der Waals surface area contributed by atoms with Crippen molar-refractivity contribution in [1.82, 2.24) is 37.2 Å². The minimum atomic E-state index is -1.28. The van der Waals surface area contributed by atoms with Gasteiger partial charge >= 0.3 is 18.0 Å². The highest BCUT2D eigenvalue weighted by atomic mass is 32.2. The quantitative estimate of drug-likeness (QED) is 0.0213. The summed E-state index contributed by atoms with van der Waals surface area (Å²) in [7, 11) is 0. The van der Waals surface area contributed by atoms with Gasteiger partial charge in [-0.05, 0) is 134 Å². The molecule has 632 valence electrons. The number of thiophene rings is 1. The van der Waals surface area contributed by atoms with Gasteiger partial charge in [0.1, 0.15) is 49.0 Å². The van der Waals surface area contributed by atoms with Crippen LogP contribution in [0, 0.1) is 0 Å². The summed E-state index contributed by atoms with van der Waals surface area (Å²) < 4.78 is 11.9. The number of ether oxygens (including phenoxy) is 2. The van der Waals surface area contributed by atoms with Crippen LogP contribution >= 0.6 is 23.1 Å². The number of amides is 8. The van der Waals surface area contributed by atoms with Gasteiger partial charge in [0.15, 0.2) is 0 Å². The molecule has 0 fully saturated rings. The molecule has 0 aliphatic heterocycles. The summed E-state index contributed by atoms with van der Waals surface area (Å²) in [5.41, 5.74) is 29.0. The molecule has 0 spiro atoms. The molecule has 0 aliphatic rings. The molecule has 0 saturated carbocycles. The van der Waals surface area contributed by atoms with E-state index in [0.717, 1.165) is 69.1 Å². The van der Waals surface area contributed by atoms with Crippen LogP contribution in [0.5, 0.6) is 0 Å². The summed E-state index contributed by atoms with van der Waals surface area (Å²) in [6.45, 7) is 8.25. The lowest BCUT2D eigenvalue weighted by molar-refractivity contribution is -0.157. The number of thioether (sulfide) groups is 1. The van der Waals surface area contributed by atoms with Gasteiger partial charge in [0.25, 0.3) is 0 Å². The maximum atomic E-state index is 15.0. The predicted octanol–water partition coefficient (Wildman–Crippen LogP) is 14.2. The largest absolute Gasteiger partial charge is 0.462 e. The van der Waals surface area contributed by atoms with Crippen LogP contribution in [0.15, 0.2) is 17.5 Å². The molecule has 23 nitrogen and oxygen atoms in total. The lowest BCUT2D eigenvalue weighted by atomic mass is 10.0. The van der Waals surface area contributed by atoms with E-state index >= 15 is 0 Å². The smallest absolute Gasteiger partial charge is 0.315 e. The third-order valence-corrected chi connectivity index (χ3v) is 22.3. The molecule has 8 amide bonds. The van der Waals surface area contributed by atoms with Crippen molar-refractivity contribution < 1.29 is 52.6 Å². The number of urea groups is 1. The average Bonchev–Trinajstić information content (AvgIpc) is 1.81. The Balaban J connectivity index is 3.56. The van der Waals surface area contributed by atoms with Crippen LogP contribution in [0.4, 0.5) is 4.79 Å². The number of esters is 2. The lowest BCUT2D eigenvalue weighted by Gasteiger charge is -2.28. The molecule has 7 atom stereocenters. The number of primary amides is 1. The fraction of sp³-hybridized carbons (Fsp3) is 0.845. The molecule has 0 bridgehead atoms. The van der Waals surface area contributed by atoms with Gasteiger partial charge in [0.2, 0.25) is 35.4 Å². The molecule has 1 heterocycles. The molecule has 0 saturated heterocycles. The fourth-order valence-electron chi connectivity index (χ4n) is 13.3. The first-order valence-electron chi connectivity index (χ1n) is 43.7. The molecule has 0 radical (unpaired) electrons. The van der Waals surface area contributed by atoms with E-state index in [1.165, 1.54) is 190 Å². The van der Waals surface area contributed by atoms with Gasteiger partial charge < -0.3 is 75.4 Å². The van der Waals surface area contributed by atoms with Crippen LogP contribution in [0.1, 0.15) is 360 Å². The van der Waals surface area contributed by atoms with Crippen molar-refractivity contribution in [2.45, 2.75) is 403 Å². The Labute approximate surface area is 668 Å². The van der Waals surface area contributed by atoms with Crippen molar-refractivity contribution in [2.75, 3.05) is 50.8 Å². The molecule has 25 heteroatoms. The van der Waals surface area contributed by atoms with Gasteiger partial charge in [0, 0.05) is 42.2 Å². The minimum Gasteiger partial charge on any atom is -0.462 e. The molecular weight excluding hydrogens is 1420 g/mol. The van der Waals surface area contributed by atoms with Crippen LogP contribution < -0.4 is 65.9 Å². The number of carbonyl (C=O) groups excluding carboxylic acids is 9. The second-order valence-electron chi connectivity index (χ2n) is 30.3. The number of nitrogens with two attached hydrogens (primary N) is 5. The molecule has 1 unspecified atom stereocenters. The molecule has 17 N–H and O–H groups in total. The van der Waals surface area contributed by atoms with Crippen molar-refractivity contribution in [3.63, 3.8) is 0 Å². The van der Waals surface area contributed by atoms with Crippen molar-refractivity contribution in [3.05, 3.63) is 22.4 Å². The van der Waals surface area contributed by atoms with E-state index in [1.54, 1.807) is 0 Å². The Morgan fingerprint density at radius 2 is 0.706 bits per heavy atom. The van der Waals surface area contributed by atoms with Crippen molar-refractivity contribution >= 4 is 76.5 Å². The highest BCUT2D eigenvalue weighted by Gasteiger charge is 2.34. The zero-order chi connectivity index (χ0) is 79.8. The first-order chi connectivity index (χ1) is 53.1. The Morgan fingerprint density at radius 3 is 1.07 bits per heavy atom. The van der Waals surface area contributed by atoms with Crippen LogP contribution in [-0.4, -0.2) is 147 Å². The summed E-state index contributed by atoms with van der Waals surface area (Å²) in [6, 6.07) is -4.00. The topological polar surface area (TPSA) is 386 Å². The summed E-state index contributed by atoms with van der Waals surface area (Å²) in [4.78, 5) is 127. The maximum absolute atomic E-state index is 15.0.